The van der Waals surface area contributed by atoms with E-state index >= 15 is 0 Å². The van der Waals surface area contributed by atoms with Gasteiger partial charge in [-0.15, -0.1) is 0 Å². The Labute approximate surface area is 200 Å². The van der Waals surface area contributed by atoms with E-state index in [9.17, 15) is 18.8 Å². The summed E-state index contributed by atoms with van der Waals surface area (Å²) in [7, 11) is 2.97. The maximum absolute atomic E-state index is 13.4. The second-order valence-electron chi connectivity index (χ2n) is 7.77. The van der Waals surface area contributed by atoms with Gasteiger partial charge in [0.05, 0.1) is 12.8 Å². The topological polar surface area (TPSA) is 102 Å². The number of thioether (sulfide) groups is 1. The summed E-state index contributed by atoms with van der Waals surface area (Å²) in [6, 6.07) is 3.48. The van der Waals surface area contributed by atoms with Gasteiger partial charge >= 0.3 is 0 Å². The minimum atomic E-state index is -2.67. The Morgan fingerprint density at radius 3 is 2.85 bits per heavy atom. The maximum atomic E-state index is 13.4. The minimum absolute atomic E-state index is 0.218. The van der Waals surface area contributed by atoms with Gasteiger partial charge in [0.15, 0.2) is 16.7 Å². The molecule has 3 aliphatic rings. The van der Waals surface area contributed by atoms with Gasteiger partial charge in [-0.05, 0) is 48.9 Å². The first-order chi connectivity index (χ1) is 16.4. The first kappa shape index (κ1) is 23.5. The van der Waals surface area contributed by atoms with Crippen molar-refractivity contribution in [3.8, 4) is 18.0 Å². The Balaban J connectivity index is 1.63. The lowest BCUT2D eigenvalue weighted by Crippen LogP contribution is -2.33. The van der Waals surface area contributed by atoms with Crippen molar-refractivity contribution in [2.75, 3.05) is 19.1 Å². The van der Waals surface area contributed by atoms with Crippen LogP contribution in [0.1, 0.15) is 28.8 Å². The van der Waals surface area contributed by atoms with E-state index < -0.39 is 18.4 Å². The first-order valence-electron chi connectivity index (χ1n) is 10.5. The molecule has 0 bridgehead atoms. The van der Waals surface area contributed by atoms with Gasteiger partial charge in [-0.2, -0.15) is 10.4 Å². The Morgan fingerprint density at radius 1 is 1.38 bits per heavy atom. The van der Waals surface area contributed by atoms with Crippen LogP contribution >= 0.6 is 11.8 Å². The number of nitrogens with zero attached hydrogens (tertiary/aromatic N) is 3. The van der Waals surface area contributed by atoms with Crippen molar-refractivity contribution >= 4 is 34.1 Å². The number of methoxy groups -OCH3 is 1. The van der Waals surface area contributed by atoms with Crippen molar-refractivity contribution in [1.29, 1.82) is 5.26 Å². The molecule has 176 valence electrons. The highest BCUT2D eigenvalue weighted by atomic mass is 32.2. The molecule has 3 N–H and O–H groups in total. The molecule has 2 heterocycles. The van der Waals surface area contributed by atoms with E-state index in [0.717, 1.165) is 12.8 Å². The lowest BCUT2D eigenvalue weighted by atomic mass is 9.93. The number of amides is 1. The molecule has 0 aromatic heterocycles. The summed E-state index contributed by atoms with van der Waals surface area (Å²) in [4.78, 5) is 14.5. The second kappa shape index (κ2) is 10.1. The summed E-state index contributed by atoms with van der Waals surface area (Å²) >= 11 is 1.29. The number of alkyl halides is 2. The zero-order valence-corrected chi connectivity index (χ0v) is 19.2. The average Bonchev–Trinajstić information content (AvgIpc) is 3.58. The largest absolute Gasteiger partial charge is 0.495 e. The molecule has 34 heavy (non-hydrogen) atoms. The van der Waals surface area contributed by atoms with Crippen molar-refractivity contribution in [1.82, 2.24) is 16.1 Å². The fraction of sp³-hybridized carbons (Fsp3) is 0.348. The number of hydrazone groups is 1. The zero-order chi connectivity index (χ0) is 24.2. The molecule has 0 spiro atoms. The molecule has 0 saturated heterocycles. The number of hydrogen-bond acceptors (Lipinski definition) is 8. The highest BCUT2D eigenvalue weighted by Crippen LogP contribution is 2.33. The molecule has 2 aliphatic heterocycles. The number of allylic oxidation sites excluding steroid dienone is 1. The van der Waals surface area contributed by atoms with E-state index in [1.165, 1.54) is 36.0 Å². The molecule has 8 nitrogen and oxygen atoms in total. The van der Waals surface area contributed by atoms with E-state index in [1.54, 1.807) is 25.2 Å². The molecule has 11 heteroatoms. The first-order valence-corrected chi connectivity index (χ1v) is 11.4. The van der Waals surface area contributed by atoms with Gasteiger partial charge in [-0.25, -0.2) is 8.78 Å². The summed E-state index contributed by atoms with van der Waals surface area (Å²) < 4.78 is 32.3. The summed E-state index contributed by atoms with van der Waals surface area (Å²) in [5.41, 5.74) is 4.25. The quantitative estimate of drug-likeness (QED) is 0.336. The highest BCUT2D eigenvalue weighted by molar-refractivity contribution is 8.14. The van der Waals surface area contributed by atoms with Crippen molar-refractivity contribution < 1.29 is 18.3 Å². The molecule has 1 aromatic carbocycles. The molecule has 2 unspecified atom stereocenters. The zero-order valence-electron chi connectivity index (χ0n) is 18.4. The van der Waals surface area contributed by atoms with E-state index in [0.29, 0.717) is 27.9 Å². The monoisotopic (exact) mass is 484 g/mol. The molecule has 1 saturated carbocycles. The van der Waals surface area contributed by atoms with Crippen molar-refractivity contribution in [3.05, 3.63) is 47.4 Å². The summed E-state index contributed by atoms with van der Waals surface area (Å²) in [5, 5.41) is 18.9. The lowest BCUT2D eigenvalue weighted by Gasteiger charge is -2.24. The third-order valence-corrected chi connectivity index (χ3v) is 6.19. The van der Waals surface area contributed by atoms with Crippen molar-refractivity contribution in [3.63, 3.8) is 0 Å². The molecular weight excluding hydrogens is 462 g/mol. The van der Waals surface area contributed by atoms with Crippen LogP contribution in [0.4, 0.5) is 14.5 Å². The third kappa shape index (κ3) is 5.26. The smallest absolute Gasteiger partial charge is 0.261 e. The van der Waals surface area contributed by atoms with E-state index in [2.05, 4.69) is 33.0 Å². The Hall–Kier alpha value is -3.70. The number of dihydropyridines is 1. The van der Waals surface area contributed by atoms with Crippen molar-refractivity contribution in [2.45, 2.75) is 30.7 Å². The van der Waals surface area contributed by atoms with Crippen LogP contribution in [0.2, 0.25) is 0 Å². The highest BCUT2D eigenvalue weighted by Gasteiger charge is 2.28. The van der Waals surface area contributed by atoms with Crippen molar-refractivity contribution in [2.24, 2.45) is 11.0 Å². The maximum Gasteiger partial charge on any atom is 0.261 e. The Kier molecular flexibility index (Phi) is 6.94. The molecule has 1 aliphatic carbocycles. The van der Waals surface area contributed by atoms with Gasteiger partial charge in [0.1, 0.15) is 11.8 Å². The van der Waals surface area contributed by atoms with E-state index in [-0.39, 0.29) is 16.7 Å². The van der Waals surface area contributed by atoms with Gasteiger partial charge in [0, 0.05) is 35.9 Å². The standard InChI is InChI=1S/C23H22F2N6O2S/c1-31(12-26)14-6-7-15(16(9-14)17-10-18(21(24)25)27-11-19(17)33-2)22(32)28-23-30-29-20(34-23)8-5-13-3-4-13/h6-7,9-11,13,18,20-21,27,29H,3-4H2,1-2H3,(H,28,30,32). The van der Waals surface area contributed by atoms with Crippen LogP contribution in [0, 0.1) is 29.2 Å². The molecule has 4 rings (SSSR count). The number of anilines is 1. The van der Waals surface area contributed by atoms with Gasteiger partial charge in [-0.1, -0.05) is 11.8 Å². The Bertz CT molecular complexity index is 1180. The van der Waals surface area contributed by atoms with Gasteiger partial charge in [0.25, 0.3) is 12.3 Å². The number of halogens is 2. The number of nitrogens with one attached hydrogen (secondary N) is 3. The van der Waals surface area contributed by atoms with Crippen LogP contribution in [-0.2, 0) is 4.74 Å². The lowest BCUT2D eigenvalue weighted by molar-refractivity contribution is 0.0977. The van der Waals surface area contributed by atoms with Crippen LogP contribution in [0.25, 0.3) is 5.57 Å². The third-order valence-electron chi connectivity index (χ3n) is 5.31. The normalized spacial score (nSPS) is 21.0. The van der Waals surface area contributed by atoms with Crippen LogP contribution < -0.4 is 21.0 Å². The van der Waals surface area contributed by atoms with Gasteiger partial charge < -0.3 is 10.1 Å². The number of carbonyl (C=O) groups is 1. The number of ether oxygens (including phenoxy) is 1. The number of nitriles is 1. The van der Waals surface area contributed by atoms with Gasteiger partial charge in [-0.3, -0.25) is 20.4 Å². The number of amidine groups is 1. The number of carbonyl (C=O) groups excluding carboxylic acids is 1. The predicted octanol–water partition coefficient (Wildman–Crippen LogP) is 2.79. The molecule has 1 aromatic rings. The van der Waals surface area contributed by atoms with Crippen LogP contribution in [0.15, 0.2) is 41.3 Å². The van der Waals surface area contributed by atoms with Crippen LogP contribution in [0.3, 0.4) is 0 Å². The van der Waals surface area contributed by atoms with E-state index in [1.807, 2.05) is 6.19 Å². The molecule has 1 amide bonds. The molecule has 2 atom stereocenters. The second-order valence-corrected chi connectivity index (χ2v) is 8.86. The molecule has 1 fully saturated rings. The van der Waals surface area contributed by atoms with Gasteiger partial charge in [0.2, 0.25) is 0 Å². The summed E-state index contributed by atoms with van der Waals surface area (Å²) in [5.74, 6) is 6.51. The number of benzene rings is 1. The molecular formula is C23H22F2N6O2S. The SMILES string of the molecule is COC1=CNC(C(F)F)C=C1c1cc(N(C)C#N)ccc1C(=O)NC1=NNC(C#CC2CC2)S1. The minimum Gasteiger partial charge on any atom is -0.495 e. The van der Waals surface area contributed by atoms with E-state index in [4.69, 9.17) is 4.74 Å². The number of hydrogen-bond donors (Lipinski definition) is 3. The fourth-order valence-corrected chi connectivity index (χ4v) is 4.01. The summed E-state index contributed by atoms with van der Waals surface area (Å²) in [6.45, 7) is 0. The summed E-state index contributed by atoms with van der Waals surface area (Å²) in [6.07, 6.45) is 4.22. The fourth-order valence-electron chi connectivity index (χ4n) is 3.30. The molecule has 0 radical (unpaired) electrons. The average molecular weight is 485 g/mol. The van der Waals surface area contributed by atoms with Crippen LogP contribution in [-0.4, -0.2) is 43.1 Å². The predicted molar refractivity (Wildman–Crippen MR) is 126 cm³/mol. The Morgan fingerprint density at radius 2 is 2.18 bits per heavy atom. The van der Waals surface area contributed by atoms with Crippen LogP contribution in [0.5, 0.6) is 0 Å². The number of rotatable bonds is 5.